The van der Waals surface area contributed by atoms with Gasteiger partial charge in [0.05, 0.1) is 23.3 Å². The fraction of sp³-hybridized carbons (Fsp3) is 0.259. The largest absolute Gasteiger partial charge is 0.449 e. The Kier molecular flexibility index (Phi) is 7.29. The second-order valence-corrected chi connectivity index (χ2v) is 8.46. The Labute approximate surface area is 205 Å². The third-order valence-electron chi connectivity index (χ3n) is 6.24. The van der Waals surface area contributed by atoms with Crippen LogP contribution < -0.4 is 5.32 Å². The third kappa shape index (κ3) is 5.20. The number of hydrogen-bond donors (Lipinski definition) is 3. The van der Waals surface area contributed by atoms with Gasteiger partial charge >= 0.3 is 12.3 Å². The SMILES string of the molecule is N#Cc1ccc(C(F)(F)F)cc1C(O)C(O)CCNC(=O)OCC1c2ccccc2-c2ccccc21. The minimum atomic E-state index is -4.67. The highest BCUT2D eigenvalue weighted by molar-refractivity contribution is 5.79. The molecule has 3 N–H and O–H groups in total. The van der Waals surface area contributed by atoms with E-state index in [9.17, 15) is 28.2 Å². The van der Waals surface area contributed by atoms with Crippen molar-refractivity contribution in [3.05, 3.63) is 94.5 Å². The number of benzene rings is 3. The predicted octanol–water partition coefficient (Wildman–Crippen LogP) is 4.90. The molecule has 2 atom stereocenters. The summed E-state index contributed by atoms with van der Waals surface area (Å²) in [5, 5.41) is 32.3. The van der Waals surface area contributed by atoms with Crippen LogP contribution in [0.15, 0.2) is 66.7 Å². The zero-order chi connectivity index (χ0) is 25.9. The molecule has 6 nitrogen and oxygen atoms in total. The van der Waals surface area contributed by atoms with Crippen LogP contribution in [0.4, 0.5) is 18.0 Å². The molecule has 0 spiro atoms. The number of rotatable bonds is 7. The molecule has 0 saturated heterocycles. The summed E-state index contributed by atoms with van der Waals surface area (Å²) < 4.78 is 44.5. The number of nitrogens with one attached hydrogen (secondary N) is 1. The number of halogens is 3. The van der Waals surface area contributed by atoms with Gasteiger partial charge in [-0.3, -0.25) is 0 Å². The highest BCUT2D eigenvalue weighted by atomic mass is 19.4. The van der Waals surface area contributed by atoms with Gasteiger partial charge in [-0.2, -0.15) is 18.4 Å². The molecule has 9 heteroatoms. The third-order valence-corrected chi connectivity index (χ3v) is 6.24. The molecule has 2 unspecified atom stereocenters. The zero-order valence-electron chi connectivity index (χ0n) is 19.0. The molecule has 1 aliphatic rings. The van der Waals surface area contributed by atoms with Crippen LogP contribution in [0.25, 0.3) is 11.1 Å². The Morgan fingerprint density at radius 1 is 1.03 bits per heavy atom. The van der Waals surface area contributed by atoms with Gasteiger partial charge in [0.25, 0.3) is 0 Å². The molecule has 0 radical (unpaired) electrons. The summed E-state index contributed by atoms with van der Waals surface area (Å²) in [5.74, 6) is -0.124. The Bertz CT molecular complexity index is 1260. The molecule has 0 bridgehead atoms. The number of carbonyl (C=O) groups excluding carboxylic acids is 1. The maximum Gasteiger partial charge on any atom is 0.416 e. The quantitative estimate of drug-likeness (QED) is 0.432. The van der Waals surface area contributed by atoms with Gasteiger partial charge in [0.1, 0.15) is 12.7 Å². The number of fused-ring (bicyclic) bond motifs is 3. The summed E-state index contributed by atoms with van der Waals surface area (Å²) in [5.41, 5.74) is 2.73. The first-order chi connectivity index (χ1) is 17.2. The number of carbonyl (C=O) groups is 1. The first-order valence-electron chi connectivity index (χ1n) is 11.3. The van der Waals surface area contributed by atoms with Crippen molar-refractivity contribution in [3.8, 4) is 17.2 Å². The van der Waals surface area contributed by atoms with Gasteiger partial charge in [-0.25, -0.2) is 4.79 Å². The van der Waals surface area contributed by atoms with Gasteiger partial charge in [0, 0.05) is 18.0 Å². The molecular formula is C27H23F3N2O4. The maximum atomic E-state index is 13.0. The summed E-state index contributed by atoms with van der Waals surface area (Å²) in [6, 6.07) is 19.8. The Hall–Kier alpha value is -3.87. The number of hydrogen-bond acceptors (Lipinski definition) is 5. The summed E-state index contributed by atoms with van der Waals surface area (Å²) in [4.78, 5) is 12.3. The Morgan fingerprint density at radius 2 is 1.64 bits per heavy atom. The highest BCUT2D eigenvalue weighted by Gasteiger charge is 2.33. The number of nitrogens with zero attached hydrogens (tertiary/aromatic N) is 1. The van der Waals surface area contributed by atoms with Crippen molar-refractivity contribution >= 4 is 6.09 Å². The van der Waals surface area contributed by atoms with Gasteiger partial charge in [0.15, 0.2) is 0 Å². The molecule has 36 heavy (non-hydrogen) atoms. The van der Waals surface area contributed by atoms with Crippen LogP contribution in [-0.4, -0.2) is 35.6 Å². The van der Waals surface area contributed by atoms with Gasteiger partial charge in [-0.15, -0.1) is 0 Å². The fourth-order valence-corrected chi connectivity index (χ4v) is 4.42. The van der Waals surface area contributed by atoms with Crippen molar-refractivity contribution in [1.82, 2.24) is 5.32 Å². The first-order valence-corrected chi connectivity index (χ1v) is 11.3. The van der Waals surface area contributed by atoms with Gasteiger partial charge in [-0.05, 0) is 46.9 Å². The van der Waals surface area contributed by atoms with Crippen molar-refractivity contribution < 1.29 is 32.9 Å². The van der Waals surface area contributed by atoms with E-state index >= 15 is 0 Å². The van der Waals surface area contributed by atoms with E-state index in [1.54, 1.807) is 6.07 Å². The number of aliphatic hydroxyl groups is 2. The minimum Gasteiger partial charge on any atom is -0.449 e. The first kappa shape index (κ1) is 25.2. The van der Waals surface area contributed by atoms with E-state index in [0.717, 1.165) is 34.4 Å². The summed E-state index contributed by atoms with van der Waals surface area (Å²) in [6.07, 6.45) is -8.83. The molecule has 0 saturated carbocycles. The second kappa shape index (κ2) is 10.4. The molecule has 0 aliphatic heterocycles. The van der Waals surface area contributed by atoms with Crippen LogP contribution in [-0.2, 0) is 10.9 Å². The van der Waals surface area contributed by atoms with E-state index in [1.807, 2.05) is 48.5 Å². The predicted molar refractivity (Wildman–Crippen MR) is 125 cm³/mol. The number of ether oxygens (including phenoxy) is 1. The van der Waals surface area contributed by atoms with E-state index < -0.39 is 30.0 Å². The summed E-state index contributed by atoms with van der Waals surface area (Å²) in [6.45, 7) is -0.00342. The molecule has 4 rings (SSSR count). The minimum absolute atomic E-state index is 0.0980. The second-order valence-electron chi connectivity index (χ2n) is 8.46. The van der Waals surface area contributed by atoms with Crippen LogP contribution in [0.3, 0.4) is 0 Å². The lowest BCUT2D eigenvalue weighted by Crippen LogP contribution is -2.31. The topological polar surface area (TPSA) is 103 Å². The average molecular weight is 496 g/mol. The molecule has 1 amide bonds. The van der Waals surface area contributed by atoms with Crippen LogP contribution in [0.1, 0.15) is 46.3 Å². The zero-order valence-corrected chi connectivity index (χ0v) is 19.0. The number of nitriles is 1. The summed E-state index contributed by atoms with van der Waals surface area (Å²) >= 11 is 0. The average Bonchev–Trinajstić information content (AvgIpc) is 3.19. The number of amides is 1. The summed E-state index contributed by atoms with van der Waals surface area (Å²) in [7, 11) is 0. The number of alkyl halides is 3. The van der Waals surface area contributed by atoms with Crippen LogP contribution >= 0.6 is 0 Å². The van der Waals surface area contributed by atoms with E-state index in [0.29, 0.717) is 6.07 Å². The maximum absolute atomic E-state index is 13.0. The molecule has 0 aromatic heterocycles. The van der Waals surface area contributed by atoms with Crippen LogP contribution in [0.5, 0.6) is 0 Å². The van der Waals surface area contributed by atoms with Crippen molar-refractivity contribution in [3.63, 3.8) is 0 Å². The molecule has 3 aromatic rings. The molecule has 1 aliphatic carbocycles. The molecule has 3 aromatic carbocycles. The van der Waals surface area contributed by atoms with Crippen molar-refractivity contribution in [2.45, 2.75) is 30.7 Å². The lowest BCUT2D eigenvalue weighted by molar-refractivity contribution is -0.137. The monoisotopic (exact) mass is 496 g/mol. The molecule has 186 valence electrons. The molecule has 0 fully saturated rings. The highest BCUT2D eigenvalue weighted by Crippen LogP contribution is 2.44. The Morgan fingerprint density at radius 3 is 2.22 bits per heavy atom. The van der Waals surface area contributed by atoms with Crippen molar-refractivity contribution in [2.24, 2.45) is 0 Å². The smallest absolute Gasteiger partial charge is 0.416 e. The van der Waals surface area contributed by atoms with E-state index in [1.165, 1.54) is 0 Å². The fourth-order valence-electron chi connectivity index (χ4n) is 4.42. The standard InChI is InChI=1S/C27H23F3N2O4/c28-27(29,30)17-10-9-16(14-31)22(13-17)25(34)24(33)11-12-32-26(35)36-15-23-20-7-3-1-5-18(20)19-6-2-4-8-21(19)23/h1-10,13,23-25,33-34H,11-12,15H2,(H,32,35). The van der Waals surface area contributed by atoms with Crippen molar-refractivity contribution in [1.29, 1.82) is 5.26 Å². The molecular weight excluding hydrogens is 473 g/mol. The van der Waals surface area contributed by atoms with Gasteiger partial charge < -0.3 is 20.3 Å². The Balaban J connectivity index is 1.32. The van der Waals surface area contributed by atoms with Crippen molar-refractivity contribution in [2.75, 3.05) is 13.2 Å². The van der Waals surface area contributed by atoms with Gasteiger partial charge in [0.2, 0.25) is 0 Å². The number of aliphatic hydroxyl groups excluding tert-OH is 2. The lowest BCUT2D eigenvalue weighted by Gasteiger charge is -2.20. The van der Waals surface area contributed by atoms with Crippen LogP contribution in [0, 0.1) is 11.3 Å². The lowest BCUT2D eigenvalue weighted by atomic mass is 9.95. The van der Waals surface area contributed by atoms with E-state index in [-0.39, 0.29) is 36.6 Å². The van der Waals surface area contributed by atoms with Gasteiger partial charge in [-0.1, -0.05) is 48.5 Å². The number of alkyl carbamates (subject to hydrolysis) is 1. The van der Waals surface area contributed by atoms with E-state index in [2.05, 4.69) is 5.32 Å². The van der Waals surface area contributed by atoms with E-state index in [4.69, 9.17) is 10.00 Å². The molecule has 0 heterocycles. The van der Waals surface area contributed by atoms with Crippen LogP contribution in [0.2, 0.25) is 0 Å². The normalized spacial score (nSPS) is 14.3.